The first kappa shape index (κ1) is 9.59. The third kappa shape index (κ3) is 2.10. The third-order valence-corrected chi connectivity index (χ3v) is 2.64. The fourth-order valence-electron chi connectivity index (χ4n) is 1.59. The highest BCUT2D eigenvalue weighted by atomic mass is 32.1. The molecule has 2 nitrogen and oxygen atoms in total. The van der Waals surface area contributed by atoms with Crippen molar-refractivity contribution in [3.05, 3.63) is 23.8 Å². The number of thiol groups is 1. The summed E-state index contributed by atoms with van der Waals surface area (Å²) in [5.41, 5.74) is 2.17. The molecule has 74 valence electrons. The van der Waals surface area contributed by atoms with Gasteiger partial charge in [-0.2, -0.15) is 0 Å². The molecule has 0 saturated heterocycles. The van der Waals surface area contributed by atoms with Crippen LogP contribution in [0.1, 0.15) is 31.2 Å². The Labute approximate surface area is 89.1 Å². The normalized spacial score (nSPS) is 15.3. The van der Waals surface area contributed by atoms with Crippen LogP contribution in [0.5, 0.6) is 0 Å². The second-order valence-electron chi connectivity index (χ2n) is 3.73. The van der Waals surface area contributed by atoms with Crippen LogP contribution in [-0.2, 0) is 4.79 Å². The smallest absolute Gasteiger partial charge is 0.221 e. The van der Waals surface area contributed by atoms with Crippen LogP contribution in [0.3, 0.4) is 0 Å². The zero-order valence-electron chi connectivity index (χ0n) is 8.08. The van der Waals surface area contributed by atoms with Gasteiger partial charge in [-0.15, -0.1) is 12.6 Å². The second-order valence-corrected chi connectivity index (χ2v) is 4.24. The summed E-state index contributed by atoms with van der Waals surface area (Å²) < 4.78 is 0. The van der Waals surface area contributed by atoms with Crippen LogP contribution in [0.25, 0.3) is 0 Å². The Balaban J connectivity index is 2.32. The number of anilines is 1. The average molecular weight is 207 g/mol. The van der Waals surface area contributed by atoms with Crippen molar-refractivity contribution in [1.29, 1.82) is 0 Å². The van der Waals surface area contributed by atoms with Gasteiger partial charge in [0.15, 0.2) is 0 Å². The van der Waals surface area contributed by atoms with E-state index in [1.165, 1.54) is 25.3 Å². The van der Waals surface area contributed by atoms with Crippen LogP contribution in [-0.4, -0.2) is 5.91 Å². The fraction of sp³-hybridized carbons (Fsp3) is 0.364. The van der Waals surface area contributed by atoms with Crippen LogP contribution in [0.2, 0.25) is 0 Å². The van der Waals surface area contributed by atoms with E-state index in [1.807, 2.05) is 18.2 Å². The molecule has 0 unspecified atom stereocenters. The first-order valence-corrected chi connectivity index (χ1v) is 5.22. The van der Waals surface area contributed by atoms with Crippen LogP contribution >= 0.6 is 12.6 Å². The van der Waals surface area contributed by atoms with Crippen LogP contribution in [0.15, 0.2) is 23.1 Å². The van der Waals surface area contributed by atoms with E-state index in [0.29, 0.717) is 5.92 Å². The number of carbonyl (C=O) groups excluding carboxylic acids is 1. The minimum atomic E-state index is -0.0150. The highest BCUT2D eigenvalue weighted by molar-refractivity contribution is 7.80. The van der Waals surface area contributed by atoms with E-state index in [0.717, 1.165) is 10.6 Å². The van der Waals surface area contributed by atoms with Crippen molar-refractivity contribution < 1.29 is 4.79 Å². The number of hydrogen-bond donors (Lipinski definition) is 2. The molecular weight excluding hydrogens is 194 g/mol. The minimum Gasteiger partial charge on any atom is -0.326 e. The summed E-state index contributed by atoms with van der Waals surface area (Å²) in [6.45, 7) is 1.53. The molecule has 0 heterocycles. The van der Waals surface area contributed by atoms with Gasteiger partial charge in [0.25, 0.3) is 0 Å². The molecular formula is C11H13NOS. The average Bonchev–Trinajstić information content (AvgIpc) is 2.90. The van der Waals surface area contributed by atoms with Gasteiger partial charge in [-0.25, -0.2) is 0 Å². The Bertz CT molecular complexity index is 372. The van der Waals surface area contributed by atoms with E-state index in [-0.39, 0.29) is 5.91 Å². The van der Waals surface area contributed by atoms with Gasteiger partial charge in [-0.3, -0.25) is 4.79 Å². The Morgan fingerprint density at radius 2 is 2.21 bits per heavy atom. The Kier molecular flexibility index (Phi) is 2.50. The van der Waals surface area contributed by atoms with Gasteiger partial charge >= 0.3 is 0 Å². The summed E-state index contributed by atoms with van der Waals surface area (Å²) in [7, 11) is 0. The fourth-order valence-corrected chi connectivity index (χ4v) is 1.80. The van der Waals surface area contributed by atoms with E-state index in [4.69, 9.17) is 0 Å². The predicted octanol–water partition coefficient (Wildman–Crippen LogP) is 2.81. The number of nitrogens with one attached hydrogen (secondary N) is 1. The molecule has 1 aromatic carbocycles. The Hall–Kier alpha value is -0.960. The van der Waals surface area contributed by atoms with E-state index in [2.05, 4.69) is 17.9 Å². The minimum absolute atomic E-state index is 0.0150. The predicted molar refractivity (Wildman–Crippen MR) is 60.0 cm³/mol. The maximum absolute atomic E-state index is 11.0. The van der Waals surface area contributed by atoms with Crippen LogP contribution in [0, 0.1) is 0 Å². The van der Waals surface area contributed by atoms with Crippen molar-refractivity contribution in [2.75, 3.05) is 5.32 Å². The van der Waals surface area contributed by atoms with Gasteiger partial charge in [0, 0.05) is 17.5 Å². The Morgan fingerprint density at radius 1 is 1.50 bits per heavy atom. The van der Waals surface area contributed by atoms with Crippen molar-refractivity contribution in [3.63, 3.8) is 0 Å². The van der Waals surface area contributed by atoms with E-state index in [9.17, 15) is 4.79 Å². The zero-order chi connectivity index (χ0) is 10.1. The molecule has 0 radical (unpaired) electrons. The number of amides is 1. The van der Waals surface area contributed by atoms with Crippen LogP contribution in [0.4, 0.5) is 5.69 Å². The maximum atomic E-state index is 11.0. The van der Waals surface area contributed by atoms with E-state index in [1.54, 1.807) is 0 Å². The van der Waals surface area contributed by atoms with Gasteiger partial charge < -0.3 is 5.32 Å². The number of benzene rings is 1. The van der Waals surface area contributed by atoms with Gasteiger partial charge in [-0.05, 0) is 42.5 Å². The quantitative estimate of drug-likeness (QED) is 0.717. The lowest BCUT2D eigenvalue weighted by molar-refractivity contribution is -0.114. The lowest BCUT2D eigenvalue weighted by Crippen LogP contribution is -2.07. The summed E-state index contributed by atoms with van der Waals surface area (Å²) in [5, 5.41) is 2.85. The molecule has 0 spiro atoms. The molecule has 1 fully saturated rings. The van der Waals surface area contributed by atoms with Crippen molar-refractivity contribution >= 4 is 24.2 Å². The topological polar surface area (TPSA) is 29.1 Å². The van der Waals surface area contributed by atoms with Gasteiger partial charge in [0.05, 0.1) is 0 Å². The third-order valence-electron chi connectivity index (χ3n) is 2.36. The molecule has 14 heavy (non-hydrogen) atoms. The molecule has 0 aromatic heterocycles. The summed E-state index contributed by atoms with van der Waals surface area (Å²) in [6, 6.07) is 5.88. The summed E-state index contributed by atoms with van der Waals surface area (Å²) in [4.78, 5) is 11.9. The molecule has 0 aliphatic heterocycles. The first-order chi connectivity index (χ1) is 6.66. The van der Waals surface area contributed by atoms with Crippen molar-refractivity contribution in [2.45, 2.75) is 30.6 Å². The number of carbonyl (C=O) groups is 1. The molecule has 2 rings (SSSR count). The molecule has 1 aliphatic rings. The van der Waals surface area contributed by atoms with Gasteiger partial charge in [0.2, 0.25) is 5.91 Å². The van der Waals surface area contributed by atoms with Crippen molar-refractivity contribution in [1.82, 2.24) is 0 Å². The lowest BCUT2D eigenvalue weighted by atomic mass is 10.1. The SMILES string of the molecule is CC(=O)Nc1ccc(S)cc1C1CC1. The molecule has 1 aromatic rings. The first-order valence-electron chi connectivity index (χ1n) is 4.77. The maximum Gasteiger partial charge on any atom is 0.221 e. The van der Waals surface area contributed by atoms with E-state index >= 15 is 0 Å². The molecule has 1 aliphatic carbocycles. The Morgan fingerprint density at radius 3 is 2.79 bits per heavy atom. The number of hydrogen-bond acceptors (Lipinski definition) is 2. The number of rotatable bonds is 2. The van der Waals surface area contributed by atoms with Crippen molar-refractivity contribution in [2.24, 2.45) is 0 Å². The van der Waals surface area contributed by atoms with Crippen molar-refractivity contribution in [3.8, 4) is 0 Å². The molecule has 1 saturated carbocycles. The highest BCUT2D eigenvalue weighted by Crippen LogP contribution is 2.44. The molecule has 1 amide bonds. The largest absolute Gasteiger partial charge is 0.326 e. The zero-order valence-corrected chi connectivity index (χ0v) is 8.97. The highest BCUT2D eigenvalue weighted by Gasteiger charge is 2.26. The second kappa shape index (κ2) is 3.65. The molecule has 1 N–H and O–H groups in total. The van der Waals surface area contributed by atoms with E-state index < -0.39 is 0 Å². The summed E-state index contributed by atoms with van der Waals surface area (Å²) in [6.07, 6.45) is 2.45. The standard InChI is InChI=1S/C11H13NOS/c1-7(13)12-11-5-4-9(14)6-10(11)8-2-3-8/h4-6,8,14H,2-3H2,1H3,(H,12,13). The van der Waals surface area contributed by atoms with Gasteiger partial charge in [-0.1, -0.05) is 0 Å². The lowest BCUT2D eigenvalue weighted by Gasteiger charge is -2.09. The monoisotopic (exact) mass is 207 g/mol. The summed E-state index contributed by atoms with van der Waals surface area (Å²) in [5.74, 6) is 0.614. The van der Waals surface area contributed by atoms with Gasteiger partial charge in [0.1, 0.15) is 0 Å². The molecule has 0 bridgehead atoms. The van der Waals surface area contributed by atoms with Crippen LogP contribution < -0.4 is 5.32 Å². The summed E-state index contributed by atoms with van der Waals surface area (Å²) >= 11 is 4.30. The molecule has 3 heteroatoms. The molecule has 0 atom stereocenters.